The van der Waals surface area contributed by atoms with Gasteiger partial charge in [-0.3, -0.25) is 0 Å². The number of aliphatic hydroxyl groups is 1. The summed E-state index contributed by atoms with van der Waals surface area (Å²) in [5.41, 5.74) is 0.0826. The molecule has 0 heterocycles. The second-order valence-electron chi connectivity index (χ2n) is 3.47. The van der Waals surface area contributed by atoms with Gasteiger partial charge in [0.15, 0.2) is 0 Å². The molecule has 1 rings (SSSR count). The smallest absolute Gasteiger partial charge is 0.0678 e. The van der Waals surface area contributed by atoms with Crippen LogP contribution in [0.4, 0.5) is 0 Å². The van der Waals surface area contributed by atoms with Crippen LogP contribution in [0.1, 0.15) is 39.0 Å². The lowest BCUT2D eigenvalue weighted by atomic mass is 9.81. The molecule has 0 unspecified atom stereocenters. The summed E-state index contributed by atoms with van der Waals surface area (Å²) in [5, 5.41) is 9.28. The Morgan fingerprint density at radius 3 is 2.36 bits per heavy atom. The Kier molecular flexibility index (Phi) is 2.90. The molecule has 1 N–H and O–H groups in total. The van der Waals surface area contributed by atoms with E-state index in [1.54, 1.807) is 7.11 Å². The molecule has 0 radical (unpaired) electrons. The average Bonchev–Trinajstić information content (AvgIpc) is 2.07. The van der Waals surface area contributed by atoms with Crippen LogP contribution in [-0.4, -0.2) is 23.9 Å². The highest BCUT2D eigenvalue weighted by atomic mass is 16.5. The van der Waals surface area contributed by atoms with Gasteiger partial charge in [-0.15, -0.1) is 0 Å². The topological polar surface area (TPSA) is 29.5 Å². The van der Waals surface area contributed by atoms with E-state index in [0.717, 1.165) is 32.1 Å². The minimum absolute atomic E-state index is 0.0789. The normalized spacial score (nSPS) is 39.0. The molecule has 1 saturated carbocycles. The van der Waals surface area contributed by atoms with Gasteiger partial charge in [0, 0.05) is 7.11 Å². The first-order chi connectivity index (χ1) is 5.22. The van der Waals surface area contributed by atoms with Crippen molar-refractivity contribution in [2.24, 2.45) is 0 Å². The monoisotopic (exact) mass is 158 g/mol. The molecular weight excluding hydrogens is 140 g/mol. The molecule has 2 nitrogen and oxygen atoms in total. The molecule has 0 spiro atoms. The van der Waals surface area contributed by atoms with E-state index in [-0.39, 0.29) is 11.7 Å². The van der Waals surface area contributed by atoms with Gasteiger partial charge < -0.3 is 9.84 Å². The van der Waals surface area contributed by atoms with Crippen LogP contribution >= 0.6 is 0 Å². The van der Waals surface area contributed by atoms with Gasteiger partial charge in [-0.05, 0) is 32.1 Å². The van der Waals surface area contributed by atoms with Crippen LogP contribution in [0, 0.1) is 0 Å². The predicted molar refractivity (Wildman–Crippen MR) is 44.5 cm³/mol. The van der Waals surface area contributed by atoms with Crippen molar-refractivity contribution in [2.45, 2.75) is 50.7 Å². The van der Waals surface area contributed by atoms with Crippen molar-refractivity contribution in [3.05, 3.63) is 0 Å². The Balaban J connectivity index is 2.45. The molecule has 0 saturated heterocycles. The van der Waals surface area contributed by atoms with Crippen molar-refractivity contribution in [3.63, 3.8) is 0 Å². The van der Waals surface area contributed by atoms with E-state index in [0.29, 0.717) is 0 Å². The minimum atomic E-state index is -0.0789. The Labute approximate surface area is 68.6 Å². The van der Waals surface area contributed by atoms with Crippen molar-refractivity contribution in [3.8, 4) is 0 Å². The van der Waals surface area contributed by atoms with E-state index >= 15 is 0 Å². The summed E-state index contributed by atoms with van der Waals surface area (Å²) >= 11 is 0. The first-order valence-electron chi connectivity index (χ1n) is 4.45. The SMILES string of the molecule is CCC1(OC)CCC(O)CC1. The van der Waals surface area contributed by atoms with E-state index in [1.165, 1.54) is 0 Å². The van der Waals surface area contributed by atoms with Crippen LogP contribution in [-0.2, 0) is 4.74 Å². The molecule has 1 aliphatic rings. The molecule has 66 valence electrons. The fourth-order valence-corrected chi connectivity index (χ4v) is 1.83. The van der Waals surface area contributed by atoms with Crippen molar-refractivity contribution >= 4 is 0 Å². The number of hydrogen-bond donors (Lipinski definition) is 1. The van der Waals surface area contributed by atoms with Crippen LogP contribution in [0.3, 0.4) is 0 Å². The van der Waals surface area contributed by atoms with Crippen LogP contribution in [0.2, 0.25) is 0 Å². The molecule has 0 aliphatic heterocycles. The Hall–Kier alpha value is -0.0800. The molecule has 0 aromatic rings. The molecular formula is C9H18O2. The second-order valence-corrected chi connectivity index (χ2v) is 3.47. The number of ether oxygens (including phenoxy) is 1. The van der Waals surface area contributed by atoms with Gasteiger partial charge in [-0.25, -0.2) is 0 Å². The van der Waals surface area contributed by atoms with Crippen LogP contribution < -0.4 is 0 Å². The molecule has 0 bridgehead atoms. The molecule has 0 amide bonds. The highest BCUT2D eigenvalue weighted by Gasteiger charge is 2.32. The maximum atomic E-state index is 9.28. The lowest BCUT2D eigenvalue weighted by Crippen LogP contribution is -2.36. The fraction of sp³-hybridized carbons (Fsp3) is 1.00. The van der Waals surface area contributed by atoms with E-state index in [4.69, 9.17) is 4.74 Å². The largest absolute Gasteiger partial charge is 0.393 e. The van der Waals surface area contributed by atoms with Gasteiger partial charge in [0.25, 0.3) is 0 Å². The van der Waals surface area contributed by atoms with Gasteiger partial charge in [0.2, 0.25) is 0 Å². The lowest BCUT2D eigenvalue weighted by Gasteiger charge is -2.36. The van der Waals surface area contributed by atoms with Crippen molar-refractivity contribution in [1.82, 2.24) is 0 Å². The van der Waals surface area contributed by atoms with Crippen molar-refractivity contribution < 1.29 is 9.84 Å². The third-order valence-electron chi connectivity index (χ3n) is 2.94. The van der Waals surface area contributed by atoms with Gasteiger partial charge in [0.05, 0.1) is 11.7 Å². The van der Waals surface area contributed by atoms with Crippen LogP contribution in [0.25, 0.3) is 0 Å². The maximum absolute atomic E-state index is 9.28. The van der Waals surface area contributed by atoms with Gasteiger partial charge in [0.1, 0.15) is 0 Å². The summed E-state index contributed by atoms with van der Waals surface area (Å²) in [7, 11) is 1.78. The molecule has 2 heteroatoms. The lowest BCUT2D eigenvalue weighted by molar-refractivity contribution is -0.0658. The van der Waals surface area contributed by atoms with E-state index < -0.39 is 0 Å². The summed E-state index contributed by atoms with van der Waals surface area (Å²) in [4.78, 5) is 0. The number of hydrogen-bond acceptors (Lipinski definition) is 2. The van der Waals surface area contributed by atoms with Gasteiger partial charge in [-0.2, -0.15) is 0 Å². The molecule has 1 aliphatic carbocycles. The first-order valence-corrected chi connectivity index (χ1v) is 4.45. The highest BCUT2D eigenvalue weighted by Crippen LogP contribution is 2.33. The quantitative estimate of drug-likeness (QED) is 0.663. The molecule has 0 aromatic carbocycles. The van der Waals surface area contributed by atoms with Crippen molar-refractivity contribution in [2.75, 3.05) is 7.11 Å². The number of aliphatic hydroxyl groups excluding tert-OH is 1. The molecule has 1 fully saturated rings. The molecule has 0 aromatic heterocycles. The predicted octanol–water partition coefficient (Wildman–Crippen LogP) is 1.72. The van der Waals surface area contributed by atoms with E-state index in [1.807, 2.05) is 0 Å². The second kappa shape index (κ2) is 3.55. The maximum Gasteiger partial charge on any atom is 0.0678 e. The minimum Gasteiger partial charge on any atom is -0.393 e. The summed E-state index contributed by atoms with van der Waals surface area (Å²) in [5.74, 6) is 0. The summed E-state index contributed by atoms with van der Waals surface area (Å²) in [6.07, 6.45) is 4.83. The fourth-order valence-electron chi connectivity index (χ4n) is 1.83. The average molecular weight is 158 g/mol. The Bertz CT molecular complexity index is 109. The molecule has 0 atom stereocenters. The van der Waals surface area contributed by atoms with E-state index in [2.05, 4.69) is 6.92 Å². The Morgan fingerprint density at radius 2 is 2.00 bits per heavy atom. The highest BCUT2D eigenvalue weighted by molar-refractivity contribution is 4.85. The number of rotatable bonds is 2. The summed E-state index contributed by atoms with van der Waals surface area (Å²) in [6.45, 7) is 2.15. The summed E-state index contributed by atoms with van der Waals surface area (Å²) in [6, 6.07) is 0. The first kappa shape index (κ1) is 9.01. The zero-order valence-corrected chi connectivity index (χ0v) is 7.47. The van der Waals surface area contributed by atoms with Crippen LogP contribution in [0.15, 0.2) is 0 Å². The van der Waals surface area contributed by atoms with Gasteiger partial charge in [-0.1, -0.05) is 6.92 Å². The van der Waals surface area contributed by atoms with Crippen molar-refractivity contribution in [1.29, 1.82) is 0 Å². The summed E-state index contributed by atoms with van der Waals surface area (Å²) < 4.78 is 5.47. The van der Waals surface area contributed by atoms with Gasteiger partial charge >= 0.3 is 0 Å². The third-order valence-corrected chi connectivity index (χ3v) is 2.94. The van der Waals surface area contributed by atoms with Crippen LogP contribution in [0.5, 0.6) is 0 Å². The third kappa shape index (κ3) is 1.94. The molecule has 11 heavy (non-hydrogen) atoms. The zero-order chi connectivity index (χ0) is 8.32. The van der Waals surface area contributed by atoms with E-state index in [9.17, 15) is 5.11 Å². The number of methoxy groups -OCH3 is 1. The zero-order valence-electron chi connectivity index (χ0n) is 7.47. The standard InChI is InChI=1S/C9H18O2/c1-3-9(11-2)6-4-8(10)5-7-9/h8,10H,3-7H2,1-2H3. The Morgan fingerprint density at radius 1 is 1.45 bits per heavy atom.